The number of halogens is 2. The quantitative estimate of drug-likeness (QED) is 0.862. The number of ether oxygens (including phenoxy) is 1. The molecule has 0 saturated carbocycles. The topological polar surface area (TPSA) is 38.3 Å². The van der Waals surface area contributed by atoms with Gasteiger partial charge < -0.3 is 10.1 Å². The summed E-state index contributed by atoms with van der Waals surface area (Å²) in [6, 6.07) is 6.32. The van der Waals surface area contributed by atoms with Gasteiger partial charge in [-0.3, -0.25) is 4.79 Å². The van der Waals surface area contributed by atoms with E-state index in [0.29, 0.717) is 11.4 Å². The lowest BCUT2D eigenvalue weighted by Gasteiger charge is -2.12. The van der Waals surface area contributed by atoms with E-state index in [2.05, 4.69) is 5.32 Å². The molecule has 0 atom stereocenters. The molecule has 1 aromatic rings. The molecule has 88 valence electrons. The van der Waals surface area contributed by atoms with Crippen molar-refractivity contribution in [2.75, 3.05) is 11.9 Å². The summed E-state index contributed by atoms with van der Waals surface area (Å²) in [4.78, 5) is 10.8. The van der Waals surface area contributed by atoms with Crippen molar-refractivity contribution >= 4 is 11.6 Å². The maximum atomic E-state index is 12.5. The van der Waals surface area contributed by atoms with Gasteiger partial charge in [-0.15, -0.1) is 0 Å². The minimum atomic E-state index is -2.87. The first-order chi connectivity index (χ1) is 7.37. The van der Waals surface area contributed by atoms with E-state index in [1.807, 2.05) is 0 Å². The SMILES string of the molecule is CC(=O)Nc1cccc(OCC(C)(F)F)c1. The van der Waals surface area contributed by atoms with Crippen molar-refractivity contribution in [2.45, 2.75) is 19.8 Å². The summed E-state index contributed by atoms with van der Waals surface area (Å²) in [6.45, 7) is 1.47. The Balaban J connectivity index is 2.64. The zero-order chi connectivity index (χ0) is 12.2. The summed E-state index contributed by atoms with van der Waals surface area (Å²) in [6.07, 6.45) is 0. The van der Waals surface area contributed by atoms with Crippen LogP contribution >= 0.6 is 0 Å². The number of alkyl halides is 2. The van der Waals surface area contributed by atoms with Gasteiger partial charge >= 0.3 is 0 Å². The van der Waals surface area contributed by atoms with E-state index in [-0.39, 0.29) is 5.91 Å². The van der Waals surface area contributed by atoms with Crippen LogP contribution in [-0.2, 0) is 4.79 Å². The molecule has 5 heteroatoms. The monoisotopic (exact) mass is 229 g/mol. The fraction of sp³-hybridized carbons (Fsp3) is 0.364. The van der Waals surface area contributed by atoms with Crippen LogP contribution in [0.5, 0.6) is 5.75 Å². The third-order valence-corrected chi connectivity index (χ3v) is 1.65. The maximum absolute atomic E-state index is 12.5. The van der Waals surface area contributed by atoms with Crippen LogP contribution in [0.25, 0.3) is 0 Å². The van der Waals surface area contributed by atoms with Gasteiger partial charge in [-0.1, -0.05) is 6.07 Å². The first-order valence-electron chi connectivity index (χ1n) is 4.75. The van der Waals surface area contributed by atoms with Crippen molar-refractivity contribution in [3.05, 3.63) is 24.3 Å². The average molecular weight is 229 g/mol. The van der Waals surface area contributed by atoms with Crippen LogP contribution in [-0.4, -0.2) is 18.4 Å². The van der Waals surface area contributed by atoms with Gasteiger partial charge in [0.2, 0.25) is 5.91 Å². The fourth-order valence-electron chi connectivity index (χ4n) is 1.08. The zero-order valence-electron chi connectivity index (χ0n) is 9.09. The van der Waals surface area contributed by atoms with Crippen molar-refractivity contribution in [1.82, 2.24) is 0 Å². The number of rotatable bonds is 4. The van der Waals surface area contributed by atoms with E-state index in [1.54, 1.807) is 18.2 Å². The van der Waals surface area contributed by atoms with E-state index in [0.717, 1.165) is 6.92 Å². The highest BCUT2D eigenvalue weighted by Crippen LogP contribution is 2.20. The maximum Gasteiger partial charge on any atom is 0.278 e. The minimum absolute atomic E-state index is 0.224. The van der Waals surface area contributed by atoms with E-state index in [4.69, 9.17) is 4.74 Å². The van der Waals surface area contributed by atoms with Crippen molar-refractivity contribution in [1.29, 1.82) is 0 Å². The minimum Gasteiger partial charge on any atom is -0.487 e. The lowest BCUT2D eigenvalue weighted by atomic mass is 10.3. The Labute approximate surface area is 92.4 Å². The second-order valence-corrected chi connectivity index (χ2v) is 3.57. The predicted octanol–water partition coefficient (Wildman–Crippen LogP) is 2.68. The van der Waals surface area contributed by atoms with Gasteiger partial charge in [0.05, 0.1) is 0 Å². The van der Waals surface area contributed by atoms with Gasteiger partial charge in [0.15, 0.2) is 6.61 Å². The first-order valence-corrected chi connectivity index (χ1v) is 4.75. The molecule has 0 fully saturated rings. The molecule has 0 aliphatic heterocycles. The molecule has 16 heavy (non-hydrogen) atoms. The number of hydrogen-bond donors (Lipinski definition) is 1. The highest BCUT2D eigenvalue weighted by molar-refractivity contribution is 5.88. The molecule has 0 aliphatic rings. The van der Waals surface area contributed by atoms with Crippen molar-refractivity contribution in [3.8, 4) is 5.75 Å². The Morgan fingerprint density at radius 1 is 1.50 bits per heavy atom. The molecule has 0 spiro atoms. The van der Waals surface area contributed by atoms with E-state index < -0.39 is 12.5 Å². The standard InChI is InChI=1S/C11H13F2NO2/c1-8(15)14-9-4-3-5-10(6-9)16-7-11(2,12)13/h3-6H,7H2,1-2H3,(H,14,15). The molecule has 1 aromatic carbocycles. The lowest BCUT2D eigenvalue weighted by Crippen LogP contribution is -2.20. The largest absolute Gasteiger partial charge is 0.487 e. The van der Waals surface area contributed by atoms with Gasteiger partial charge in [0.25, 0.3) is 5.92 Å². The summed E-state index contributed by atoms with van der Waals surface area (Å²) in [5.74, 6) is -2.80. The Hall–Kier alpha value is -1.65. The molecule has 0 bridgehead atoms. The summed E-state index contributed by atoms with van der Waals surface area (Å²) < 4.78 is 29.9. The number of benzene rings is 1. The molecule has 0 saturated heterocycles. The number of hydrogen-bond acceptors (Lipinski definition) is 2. The molecular weight excluding hydrogens is 216 g/mol. The van der Waals surface area contributed by atoms with Crippen molar-refractivity contribution in [2.24, 2.45) is 0 Å². The highest BCUT2D eigenvalue weighted by Gasteiger charge is 2.21. The van der Waals surface area contributed by atoms with Gasteiger partial charge in [0, 0.05) is 25.6 Å². The number of anilines is 1. The lowest BCUT2D eigenvalue weighted by molar-refractivity contribution is -0.114. The van der Waals surface area contributed by atoms with Gasteiger partial charge in [-0.25, -0.2) is 8.78 Å². The summed E-state index contributed by atoms with van der Waals surface area (Å²) in [7, 11) is 0. The fourth-order valence-corrected chi connectivity index (χ4v) is 1.08. The molecule has 0 heterocycles. The van der Waals surface area contributed by atoms with Gasteiger partial charge in [0.1, 0.15) is 5.75 Å². The molecule has 0 unspecified atom stereocenters. The van der Waals surface area contributed by atoms with Gasteiger partial charge in [-0.05, 0) is 12.1 Å². The Kier molecular flexibility index (Phi) is 3.82. The summed E-state index contributed by atoms with van der Waals surface area (Å²) in [5.41, 5.74) is 0.518. The third kappa shape index (κ3) is 4.72. The van der Waals surface area contributed by atoms with E-state index in [1.165, 1.54) is 13.0 Å². The molecule has 0 radical (unpaired) electrons. The summed E-state index contributed by atoms with van der Waals surface area (Å²) in [5, 5.41) is 2.54. The molecular formula is C11H13F2NO2. The van der Waals surface area contributed by atoms with Crippen molar-refractivity contribution in [3.63, 3.8) is 0 Å². The molecule has 3 nitrogen and oxygen atoms in total. The van der Waals surface area contributed by atoms with Crippen LogP contribution in [0.1, 0.15) is 13.8 Å². The second-order valence-electron chi connectivity index (χ2n) is 3.57. The van der Waals surface area contributed by atoms with Crippen LogP contribution < -0.4 is 10.1 Å². The van der Waals surface area contributed by atoms with Crippen LogP contribution in [0, 0.1) is 0 Å². The summed E-state index contributed by atoms with van der Waals surface area (Å²) >= 11 is 0. The predicted molar refractivity (Wildman–Crippen MR) is 56.9 cm³/mol. The van der Waals surface area contributed by atoms with Crippen LogP contribution in [0.2, 0.25) is 0 Å². The van der Waals surface area contributed by atoms with Gasteiger partial charge in [-0.2, -0.15) is 0 Å². The Morgan fingerprint density at radius 2 is 2.19 bits per heavy atom. The van der Waals surface area contributed by atoms with Crippen LogP contribution in [0.15, 0.2) is 24.3 Å². The number of carbonyl (C=O) groups excluding carboxylic acids is 1. The highest BCUT2D eigenvalue weighted by atomic mass is 19.3. The third-order valence-electron chi connectivity index (χ3n) is 1.65. The smallest absolute Gasteiger partial charge is 0.278 e. The normalized spacial score (nSPS) is 11.0. The number of amides is 1. The molecule has 0 aromatic heterocycles. The van der Waals surface area contributed by atoms with Crippen molar-refractivity contribution < 1.29 is 18.3 Å². The zero-order valence-corrected chi connectivity index (χ0v) is 9.09. The molecule has 1 N–H and O–H groups in total. The first kappa shape index (κ1) is 12.4. The average Bonchev–Trinajstić information content (AvgIpc) is 2.13. The number of nitrogens with one attached hydrogen (secondary N) is 1. The molecule has 0 aliphatic carbocycles. The van der Waals surface area contributed by atoms with Crippen LogP contribution in [0.4, 0.5) is 14.5 Å². The Morgan fingerprint density at radius 3 is 2.75 bits per heavy atom. The van der Waals surface area contributed by atoms with Crippen LogP contribution in [0.3, 0.4) is 0 Å². The van der Waals surface area contributed by atoms with E-state index in [9.17, 15) is 13.6 Å². The Bertz CT molecular complexity index is 374. The molecule has 1 amide bonds. The molecule has 1 rings (SSSR count). The van der Waals surface area contributed by atoms with E-state index >= 15 is 0 Å². The number of carbonyl (C=O) groups is 1. The second kappa shape index (κ2) is 4.92.